The van der Waals surface area contributed by atoms with Crippen LogP contribution in [0.1, 0.15) is 31.2 Å². The molecule has 3 rings (SSSR count). The number of halogens is 5. The van der Waals surface area contributed by atoms with Crippen molar-refractivity contribution in [2.45, 2.75) is 54.0 Å². The number of carboxylic acid groups (broad SMARTS) is 1. The second-order valence-corrected chi connectivity index (χ2v) is 10.1. The Labute approximate surface area is 175 Å². The van der Waals surface area contributed by atoms with Crippen molar-refractivity contribution in [1.29, 1.82) is 0 Å². The Hall–Kier alpha value is -1.95. The Bertz CT molecular complexity index is 939. The van der Waals surface area contributed by atoms with Gasteiger partial charge in [-0.05, 0) is 31.0 Å². The quantitative estimate of drug-likeness (QED) is 0.661. The molecule has 0 amide bonds. The highest BCUT2D eigenvalue weighted by atomic mass is 32.2. The van der Waals surface area contributed by atoms with E-state index in [1.807, 2.05) is 0 Å². The maximum Gasteiger partial charge on any atom is 0.417 e. The summed E-state index contributed by atoms with van der Waals surface area (Å²) in [7, 11) is -3.31. The molecule has 0 radical (unpaired) electrons. The monoisotopic (exact) mass is 471 g/mol. The van der Waals surface area contributed by atoms with Crippen LogP contribution in [0, 0.1) is 5.92 Å². The zero-order valence-electron chi connectivity index (χ0n) is 16.5. The second-order valence-electron chi connectivity index (χ2n) is 7.88. The number of benzene rings is 1. The van der Waals surface area contributed by atoms with Crippen LogP contribution in [0.3, 0.4) is 0 Å². The molecule has 1 aliphatic heterocycles. The van der Waals surface area contributed by atoms with Crippen molar-refractivity contribution in [2.24, 2.45) is 5.92 Å². The largest absolute Gasteiger partial charge is 0.481 e. The number of carboxylic acids is 1. The third kappa shape index (κ3) is 4.79. The van der Waals surface area contributed by atoms with Crippen LogP contribution < -0.4 is 4.90 Å². The molecule has 6 nitrogen and oxygen atoms in total. The molecule has 174 valence electrons. The van der Waals surface area contributed by atoms with Gasteiger partial charge in [-0.3, -0.25) is 4.79 Å². The number of methoxy groups -OCH3 is 1. The summed E-state index contributed by atoms with van der Waals surface area (Å²) >= 11 is 0. The predicted octanol–water partition coefficient (Wildman–Crippen LogP) is 3.59. The maximum atomic E-state index is 13.8. The highest BCUT2D eigenvalue weighted by molar-refractivity contribution is 7.92. The van der Waals surface area contributed by atoms with E-state index < -0.39 is 68.5 Å². The van der Waals surface area contributed by atoms with E-state index in [4.69, 9.17) is 4.74 Å². The lowest BCUT2D eigenvalue weighted by Gasteiger charge is -2.34. The highest BCUT2D eigenvalue weighted by Crippen LogP contribution is 2.42. The van der Waals surface area contributed by atoms with Crippen molar-refractivity contribution in [2.75, 3.05) is 25.1 Å². The molecule has 0 bridgehead atoms. The lowest BCUT2D eigenvalue weighted by Crippen LogP contribution is -2.39. The lowest BCUT2D eigenvalue weighted by atomic mass is 10.1. The summed E-state index contributed by atoms with van der Waals surface area (Å²) in [5, 5.41) is 7.91. The number of hydrogen-bond acceptors (Lipinski definition) is 5. The maximum absolute atomic E-state index is 13.8. The van der Waals surface area contributed by atoms with Crippen LogP contribution in [-0.4, -0.2) is 57.0 Å². The fraction of sp³-hybridized carbons (Fsp3) is 0.632. The molecule has 12 heteroatoms. The van der Waals surface area contributed by atoms with Crippen LogP contribution in [0.25, 0.3) is 0 Å². The van der Waals surface area contributed by atoms with E-state index >= 15 is 0 Å². The van der Waals surface area contributed by atoms with Gasteiger partial charge in [0.2, 0.25) is 0 Å². The van der Waals surface area contributed by atoms with Crippen LogP contribution in [0.4, 0.5) is 27.6 Å². The Balaban J connectivity index is 1.96. The van der Waals surface area contributed by atoms with Gasteiger partial charge in [-0.2, -0.15) is 13.2 Å². The van der Waals surface area contributed by atoms with Crippen molar-refractivity contribution < 1.29 is 45.0 Å². The fourth-order valence-electron chi connectivity index (χ4n) is 4.18. The topological polar surface area (TPSA) is 83.9 Å². The molecule has 1 saturated carbocycles. The summed E-state index contributed by atoms with van der Waals surface area (Å²) in [6, 6.07) is 2.66. The average Bonchev–Trinajstić information content (AvgIpc) is 3.12. The van der Waals surface area contributed by atoms with E-state index in [0.717, 1.165) is 6.07 Å². The molecule has 1 aliphatic carbocycles. The number of piperidine rings is 1. The van der Waals surface area contributed by atoms with Crippen LogP contribution in [0.5, 0.6) is 0 Å². The molecule has 3 atom stereocenters. The van der Waals surface area contributed by atoms with Gasteiger partial charge in [0.05, 0.1) is 27.7 Å². The summed E-state index contributed by atoms with van der Waals surface area (Å²) in [5.74, 6) is -5.31. The summed E-state index contributed by atoms with van der Waals surface area (Å²) < 4.78 is 99.1. The molecule has 1 heterocycles. The van der Waals surface area contributed by atoms with Gasteiger partial charge < -0.3 is 14.7 Å². The number of rotatable bonds is 5. The fourth-order valence-corrected chi connectivity index (χ4v) is 6.19. The van der Waals surface area contributed by atoms with Crippen LogP contribution in [-0.2, 0) is 25.5 Å². The summed E-state index contributed by atoms with van der Waals surface area (Å²) in [6.07, 6.45) is -7.56. The minimum absolute atomic E-state index is 0.00591. The normalized spacial score (nSPS) is 26.8. The summed E-state index contributed by atoms with van der Waals surface area (Å²) in [6.45, 7) is -0.316. The molecule has 0 aromatic heterocycles. The molecule has 2 fully saturated rings. The van der Waals surface area contributed by atoms with Gasteiger partial charge in [-0.1, -0.05) is 0 Å². The van der Waals surface area contributed by atoms with Gasteiger partial charge in [0.25, 0.3) is 5.92 Å². The third-order valence-electron chi connectivity index (χ3n) is 5.95. The molecule has 1 aromatic carbocycles. The lowest BCUT2D eigenvalue weighted by molar-refractivity contribution is -0.145. The van der Waals surface area contributed by atoms with Gasteiger partial charge in [0.1, 0.15) is 0 Å². The van der Waals surface area contributed by atoms with E-state index in [9.17, 15) is 40.3 Å². The summed E-state index contributed by atoms with van der Waals surface area (Å²) in [5.41, 5.74) is -1.39. The van der Waals surface area contributed by atoms with Gasteiger partial charge in [-0.15, -0.1) is 0 Å². The summed E-state index contributed by atoms with van der Waals surface area (Å²) in [4.78, 5) is 11.8. The number of aliphatic carboxylic acids is 1. The Morgan fingerprint density at radius 1 is 1.19 bits per heavy atom. The molecular weight excluding hydrogens is 449 g/mol. The van der Waals surface area contributed by atoms with Crippen molar-refractivity contribution >= 4 is 21.5 Å². The minimum Gasteiger partial charge on any atom is -0.481 e. The Morgan fingerprint density at radius 3 is 2.29 bits per heavy atom. The number of sulfone groups is 1. The molecule has 31 heavy (non-hydrogen) atoms. The van der Waals surface area contributed by atoms with Crippen molar-refractivity contribution in [1.82, 2.24) is 0 Å². The first-order valence-electron chi connectivity index (χ1n) is 9.60. The first-order valence-corrected chi connectivity index (χ1v) is 11.1. The van der Waals surface area contributed by atoms with Crippen LogP contribution >= 0.6 is 0 Å². The minimum atomic E-state index is -5.01. The van der Waals surface area contributed by atoms with E-state index in [2.05, 4.69) is 0 Å². The zero-order chi connectivity index (χ0) is 23.2. The van der Waals surface area contributed by atoms with E-state index in [0.29, 0.717) is 6.07 Å². The number of ether oxygens (including phenoxy) is 1. The van der Waals surface area contributed by atoms with E-state index in [1.54, 1.807) is 0 Å². The molecule has 2 aliphatic rings. The van der Waals surface area contributed by atoms with Crippen LogP contribution in [0.15, 0.2) is 23.1 Å². The van der Waals surface area contributed by atoms with Gasteiger partial charge in [0.15, 0.2) is 9.84 Å². The smallest absolute Gasteiger partial charge is 0.417 e. The third-order valence-corrected chi connectivity index (χ3v) is 8.19. The Morgan fingerprint density at radius 2 is 1.81 bits per heavy atom. The SMILES string of the molecule is CO[C@H]1C[C@@H](S(=O)(=O)c2ccc(N3CCC(F)(F)CC3)cc2C(F)(F)F)C[C@@H]1C(=O)O. The van der Waals surface area contributed by atoms with Gasteiger partial charge >= 0.3 is 12.1 Å². The predicted molar refractivity (Wildman–Crippen MR) is 100.0 cm³/mol. The second kappa shape index (κ2) is 8.19. The molecule has 1 aromatic rings. The highest BCUT2D eigenvalue weighted by Gasteiger charge is 2.48. The van der Waals surface area contributed by atoms with Crippen molar-refractivity contribution in [3.05, 3.63) is 23.8 Å². The van der Waals surface area contributed by atoms with Gasteiger partial charge in [0, 0.05) is 38.7 Å². The zero-order valence-corrected chi connectivity index (χ0v) is 17.3. The number of nitrogens with zero attached hydrogens (tertiary/aromatic N) is 1. The number of anilines is 1. The first-order chi connectivity index (χ1) is 14.3. The number of carbonyl (C=O) groups is 1. The molecule has 1 N–H and O–H groups in total. The molecule has 0 unspecified atom stereocenters. The molecule has 1 saturated heterocycles. The standard InChI is InChI=1S/C19H22F5NO5S/c1-30-15-10-12(9-13(15)17(26)27)31(28,29)16-3-2-11(8-14(16)19(22,23)24)25-6-4-18(20,21)5-7-25/h2-3,8,12-13,15H,4-7,9-10H2,1H3,(H,26,27)/t12-,13-,15-/m0/s1. The van der Waals surface area contributed by atoms with E-state index in [-0.39, 0.29) is 31.6 Å². The first kappa shape index (κ1) is 23.7. The number of alkyl halides is 5. The van der Waals surface area contributed by atoms with E-state index in [1.165, 1.54) is 18.1 Å². The van der Waals surface area contributed by atoms with Crippen LogP contribution in [0.2, 0.25) is 0 Å². The number of hydrogen-bond donors (Lipinski definition) is 1. The Kier molecular flexibility index (Phi) is 6.27. The molecular formula is C19H22F5NO5S. The van der Waals surface area contributed by atoms with Gasteiger partial charge in [-0.25, -0.2) is 17.2 Å². The van der Waals surface area contributed by atoms with Crippen molar-refractivity contribution in [3.63, 3.8) is 0 Å². The van der Waals surface area contributed by atoms with Crippen molar-refractivity contribution in [3.8, 4) is 0 Å². The molecule has 0 spiro atoms. The average molecular weight is 471 g/mol.